The van der Waals surface area contributed by atoms with Crippen molar-refractivity contribution in [3.8, 4) is 0 Å². The SMILES string of the molecule is COC(=O)C1CC(O)(c2cccc(Cl)c2)C1. The van der Waals surface area contributed by atoms with Crippen molar-refractivity contribution in [2.45, 2.75) is 18.4 Å². The summed E-state index contributed by atoms with van der Waals surface area (Å²) >= 11 is 5.86. The molecule has 4 heteroatoms. The minimum atomic E-state index is -0.927. The number of hydrogen-bond acceptors (Lipinski definition) is 3. The van der Waals surface area contributed by atoms with Gasteiger partial charge >= 0.3 is 5.97 Å². The van der Waals surface area contributed by atoms with Crippen molar-refractivity contribution in [1.82, 2.24) is 0 Å². The monoisotopic (exact) mass is 240 g/mol. The summed E-state index contributed by atoms with van der Waals surface area (Å²) in [5.41, 5.74) is -0.163. The molecule has 1 saturated carbocycles. The second-order valence-corrected chi connectivity index (χ2v) is 4.61. The van der Waals surface area contributed by atoms with Gasteiger partial charge in [0.2, 0.25) is 0 Å². The second-order valence-electron chi connectivity index (χ2n) is 4.17. The van der Waals surface area contributed by atoms with Crippen molar-refractivity contribution < 1.29 is 14.6 Å². The summed E-state index contributed by atoms with van der Waals surface area (Å²) in [6, 6.07) is 7.10. The Morgan fingerprint density at radius 3 is 2.81 bits per heavy atom. The predicted molar refractivity (Wildman–Crippen MR) is 60.1 cm³/mol. The molecule has 86 valence electrons. The van der Waals surface area contributed by atoms with Gasteiger partial charge in [0.25, 0.3) is 0 Å². The van der Waals surface area contributed by atoms with Crippen LogP contribution in [-0.2, 0) is 15.1 Å². The van der Waals surface area contributed by atoms with Gasteiger partial charge in [-0.1, -0.05) is 23.7 Å². The molecule has 0 saturated heterocycles. The van der Waals surface area contributed by atoms with Gasteiger partial charge < -0.3 is 9.84 Å². The molecule has 1 aromatic rings. The van der Waals surface area contributed by atoms with Crippen LogP contribution in [0.25, 0.3) is 0 Å². The van der Waals surface area contributed by atoms with E-state index in [4.69, 9.17) is 11.6 Å². The molecule has 1 aromatic carbocycles. The number of methoxy groups -OCH3 is 1. The highest BCUT2D eigenvalue weighted by Crippen LogP contribution is 2.46. The third-order valence-electron chi connectivity index (χ3n) is 3.06. The minimum absolute atomic E-state index is 0.200. The first-order chi connectivity index (χ1) is 7.55. The molecule has 0 unspecified atom stereocenters. The first kappa shape index (κ1) is 11.4. The first-order valence-corrected chi connectivity index (χ1v) is 5.49. The summed E-state index contributed by atoms with van der Waals surface area (Å²) in [5.74, 6) is -0.458. The number of benzene rings is 1. The van der Waals surface area contributed by atoms with Gasteiger partial charge in [-0.25, -0.2) is 0 Å². The lowest BCUT2D eigenvalue weighted by Crippen LogP contribution is -2.44. The number of hydrogen-bond donors (Lipinski definition) is 1. The van der Waals surface area contributed by atoms with Gasteiger partial charge in [-0.3, -0.25) is 4.79 Å². The maximum Gasteiger partial charge on any atom is 0.308 e. The summed E-state index contributed by atoms with van der Waals surface area (Å²) in [5, 5.41) is 10.8. The van der Waals surface area contributed by atoms with Gasteiger partial charge in [0, 0.05) is 5.02 Å². The highest BCUT2D eigenvalue weighted by Gasteiger charge is 2.47. The van der Waals surface area contributed by atoms with Crippen LogP contribution in [0.2, 0.25) is 5.02 Å². The van der Waals surface area contributed by atoms with E-state index in [1.807, 2.05) is 6.07 Å². The molecule has 0 aliphatic heterocycles. The molecule has 0 radical (unpaired) electrons. The van der Waals surface area contributed by atoms with Crippen LogP contribution >= 0.6 is 11.6 Å². The molecule has 2 rings (SSSR count). The van der Waals surface area contributed by atoms with E-state index in [9.17, 15) is 9.90 Å². The summed E-state index contributed by atoms with van der Waals surface area (Å²) in [6.45, 7) is 0. The second kappa shape index (κ2) is 4.07. The van der Waals surface area contributed by atoms with E-state index < -0.39 is 5.60 Å². The van der Waals surface area contributed by atoms with Crippen LogP contribution in [0, 0.1) is 5.92 Å². The number of ether oxygens (including phenoxy) is 1. The van der Waals surface area contributed by atoms with Crippen molar-refractivity contribution in [3.05, 3.63) is 34.9 Å². The molecule has 0 amide bonds. The zero-order valence-electron chi connectivity index (χ0n) is 8.94. The first-order valence-electron chi connectivity index (χ1n) is 5.11. The number of rotatable bonds is 2. The lowest BCUT2D eigenvalue weighted by atomic mass is 9.67. The van der Waals surface area contributed by atoms with E-state index in [1.54, 1.807) is 18.2 Å². The Morgan fingerprint density at radius 2 is 2.25 bits per heavy atom. The molecule has 0 heterocycles. The largest absolute Gasteiger partial charge is 0.469 e. The normalized spacial score (nSPS) is 28.3. The molecule has 3 nitrogen and oxygen atoms in total. The molecule has 1 aliphatic rings. The predicted octanol–water partition coefficient (Wildman–Crippen LogP) is 2.11. The average Bonchev–Trinajstić information content (AvgIpc) is 2.23. The number of carbonyl (C=O) groups excluding carboxylic acids is 1. The maximum absolute atomic E-state index is 11.2. The number of halogens is 1. The third kappa shape index (κ3) is 1.93. The Labute approximate surface area is 99.0 Å². The van der Waals surface area contributed by atoms with Crippen LogP contribution in [0.15, 0.2) is 24.3 Å². The Morgan fingerprint density at radius 1 is 1.56 bits per heavy atom. The van der Waals surface area contributed by atoms with Crippen LogP contribution in [0.5, 0.6) is 0 Å². The quantitative estimate of drug-likeness (QED) is 0.806. The van der Waals surface area contributed by atoms with E-state index in [2.05, 4.69) is 4.74 Å². The van der Waals surface area contributed by atoms with Crippen molar-refractivity contribution in [3.63, 3.8) is 0 Å². The summed E-state index contributed by atoms with van der Waals surface area (Å²) < 4.78 is 4.63. The fourth-order valence-corrected chi connectivity index (χ4v) is 2.29. The van der Waals surface area contributed by atoms with Gasteiger partial charge in [0.1, 0.15) is 0 Å². The molecule has 0 spiro atoms. The highest BCUT2D eigenvalue weighted by atomic mass is 35.5. The maximum atomic E-state index is 11.2. The van der Waals surface area contributed by atoms with Crippen LogP contribution in [0.4, 0.5) is 0 Å². The Bertz CT molecular complexity index is 410. The number of aliphatic hydroxyl groups is 1. The molecular formula is C12H13ClO3. The average molecular weight is 241 g/mol. The Hall–Kier alpha value is -1.06. The molecule has 1 aliphatic carbocycles. The topological polar surface area (TPSA) is 46.5 Å². The van der Waals surface area contributed by atoms with Crippen molar-refractivity contribution in [2.75, 3.05) is 7.11 Å². The summed E-state index contributed by atoms with van der Waals surface area (Å²) in [7, 11) is 1.36. The molecule has 16 heavy (non-hydrogen) atoms. The van der Waals surface area contributed by atoms with E-state index in [0.29, 0.717) is 17.9 Å². The van der Waals surface area contributed by atoms with E-state index in [-0.39, 0.29) is 11.9 Å². The fraction of sp³-hybridized carbons (Fsp3) is 0.417. The molecule has 1 N–H and O–H groups in total. The fourth-order valence-electron chi connectivity index (χ4n) is 2.10. The third-order valence-corrected chi connectivity index (χ3v) is 3.30. The molecule has 0 aromatic heterocycles. The van der Waals surface area contributed by atoms with Gasteiger partial charge in [-0.15, -0.1) is 0 Å². The highest BCUT2D eigenvalue weighted by molar-refractivity contribution is 6.30. The van der Waals surface area contributed by atoms with Gasteiger partial charge in [0.15, 0.2) is 0 Å². The minimum Gasteiger partial charge on any atom is -0.469 e. The van der Waals surface area contributed by atoms with E-state index in [0.717, 1.165) is 5.56 Å². The van der Waals surface area contributed by atoms with Crippen molar-refractivity contribution in [2.24, 2.45) is 5.92 Å². The molecule has 0 atom stereocenters. The number of carbonyl (C=O) groups is 1. The van der Waals surface area contributed by atoms with E-state index >= 15 is 0 Å². The molecule has 1 fully saturated rings. The van der Waals surface area contributed by atoms with Gasteiger partial charge in [-0.05, 0) is 30.5 Å². The zero-order valence-corrected chi connectivity index (χ0v) is 9.70. The summed E-state index contributed by atoms with van der Waals surface area (Å²) in [6.07, 6.45) is 0.806. The smallest absolute Gasteiger partial charge is 0.308 e. The van der Waals surface area contributed by atoms with Crippen molar-refractivity contribution in [1.29, 1.82) is 0 Å². The molecule has 0 bridgehead atoms. The molecular weight excluding hydrogens is 228 g/mol. The Kier molecular flexibility index (Phi) is 2.91. The van der Waals surface area contributed by atoms with Gasteiger partial charge in [0.05, 0.1) is 18.6 Å². The number of esters is 1. The van der Waals surface area contributed by atoms with Crippen molar-refractivity contribution >= 4 is 17.6 Å². The lowest BCUT2D eigenvalue weighted by molar-refractivity contribution is -0.163. The Balaban J connectivity index is 2.10. The van der Waals surface area contributed by atoms with Gasteiger partial charge in [-0.2, -0.15) is 0 Å². The van der Waals surface area contributed by atoms with Crippen LogP contribution in [-0.4, -0.2) is 18.2 Å². The lowest BCUT2D eigenvalue weighted by Gasteiger charge is -2.42. The standard InChI is InChI=1S/C12H13ClO3/c1-16-11(14)8-6-12(15,7-8)9-3-2-4-10(13)5-9/h2-5,8,15H,6-7H2,1H3. The van der Waals surface area contributed by atoms with Crippen LogP contribution < -0.4 is 0 Å². The van der Waals surface area contributed by atoms with Crippen LogP contribution in [0.3, 0.4) is 0 Å². The zero-order chi connectivity index (χ0) is 11.8. The summed E-state index contributed by atoms with van der Waals surface area (Å²) in [4.78, 5) is 11.2. The van der Waals surface area contributed by atoms with Crippen LogP contribution in [0.1, 0.15) is 18.4 Å². The van der Waals surface area contributed by atoms with E-state index in [1.165, 1.54) is 7.11 Å².